The maximum Gasteiger partial charge on any atom is 0.301 e. The van der Waals surface area contributed by atoms with E-state index in [4.69, 9.17) is 23.2 Å². The van der Waals surface area contributed by atoms with E-state index in [-0.39, 0.29) is 5.02 Å². The van der Waals surface area contributed by atoms with Gasteiger partial charge in [-0.1, -0.05) is 29.3 Å². The molecule has 1 heterocycles. The normalized spacial score (nSPS) is 19.5. The van der Waals surface area contributed by atoms with Crippen LogP contribution in [0.3, 0.4) is 0 Å². The van der Waals surface area contributed by atoms with Crippen molar-refractivity contribution in [1.29, 1.82) is 0 Å². The van der Waals surface area contributed by atoms with Crippen LogP contribution in [0.2, 0.25) is 10.0 Å². The van der Waals surface area contributed by atoms with Crippen LogP contribution in [0.15, 0.2) is 18.2 Å². The molecule has 1 saturated heterocycles. The monoisotopic (exact) mass is 266 g/mol. The predicted octanol–water partition coefficient (Wildman–Crippen LogP) is 1.65. The molecule has 0 bridgehead atoms. The van der Waals surface area contributed by atoms with Gasteiger partial charge in [0.2, 0.25) is 0 Å². The van der Waals surface area contributed by atoms with Gasteiger partial charge in [-0.15, -0.1) is 0 Å². The summed E-state index contributed by atoms with van der Waals surface area (Å²) in [6, 6.07) is 4.90. The smallest absolute Gasteiger partial charge is 0.255 e. The predicted molar refractivity (Wildman–Crippen MR) is 60.7 cm³/mol. The van der Waals surface area contributed by atoms with Crippen molar-refractivity contribution < 1.29 is 8.42 Å². The lowest BCUT2D eigenvalue weighted by Crippen LogP contribution is -2.29. The van der Waals surface area contributed by atoms with Crippen LogP contribution in [0.1, 0.15) is 0 Å². The fourth-order valence-corrected chi connectivity index (χ4v) is 3.10. The van der Waals surface area contributed by atoms with Gasteiger partial charge in [-0.2, -0.15) is 13.1 Å². The Morgan fingerprint density at radius 1 is 1.33 bits per heavy atom. The van der Waals surface area contributed by atoms with Crippen molar-refractivity contribution in [3.8, 4) is 0 Å². The summed E-state index contributed by atoms with van der Waals surface area (Å²) < 4.78 is 26.7. The van der Waals surface area contributed by atoms with Crippen molar-refractivity contribution in [1.82, 2.24) is 4.72 Å². The Hall–Kier alpha value is -0.490. The standard InChI is InChI=1S/C8H8Cl2N2O2S/c9-6-2-1-3-7(8(6)10)12-5-4-11-15(12,13)14/h1-3,11H,4-5H2. The van der Waals surface area contributed by atoms with E-state index in [0.29, 0.717) is 23.8 Å². The van der Waals surface area contributed by atoms with Crippen LogP contribution >= 0.6 is 23.2 Å². The zero-order valence-electron chi connectivity index (χ0n) is 7.57. The van der Waals surface area contributed by atoms with Gasteiger partial charge in [0, 0.05) is 13.1 Å². The highest BCUT2D eigenvalue weighted by molar-refractivity contribution is 7.91. The fraction of sp³-hybridized carbons (Fsp3) is 0.250. The third kappa shape index (κ3) is 1.92. The second kappa shape index (κ2) is 3.83. The summed E-state index contributed by atoms with van der Waals surface area (Å²) in [5.41, 5.74) is 0.411. The minimum absolute atomic E-state index is 0.256. The Bertz CT molecular complexity index is 489. The van der Waals surface area contributed by atoms with E-state index < -0.39 is 10.2 Å². The number of benzene rings is 1. The summed E-state index contributed by atoms with van der Waals surface area (Å²) in [5, 5.41) is 0.600. The van der Waals surface area contributed by atoms with E-state index in [9.17, 15) is 8.42 Å². The molecule has 0 spiro atoms. The van der Waals surface area contributed by atoms with Crippen LogP contribution in [-0.4, -0.2) is 21.5 Å². The number of hydrogen-bond donors (Lipinski definition) is 1. The molecule has 7 heteroatoms. The Kier molecular flexibility index (Phi) is 2.81. The quantitative estimate of drug-likeness (QED) is 0.841. The summed E-state index contributed by atoms with van der Waals surface area (Å²) in [7, 11) is -3.44. The van der Waals surface area contributed by atoms with Gasteiger partial charge in [-0.25, -0.2) is 0 Å². The van der Waals surface area contributed by atoms with Crippen molar-refractivity contribution in [2.24, 2.45) is 0 Å². The first kappa shape index (κ1) is 11.0. The minimum Gasteiger partial charge on any atom is -0.255 e. The summed E-state index contributed by atoms with van der Waals surface area (Å²) in [6.07, 6.45) is 0. The molecule has 1 aliphatic heterocycles. The Labute approximate surface area is 98.0 Å². The van der Waals surface area contributed by atoms with Gasteiger partial charge in [0.05, 0.1) is 15.7 Å². The Morgan fingerprint density at radius 2 is 2.07 bits per heavy atom. The van der Waals surface area contributed by atoms with Crippen LogP contribution < -0.4 is 9.03 Å². The van der Waals surface area contributed by atoms with E-state index in [1.54, 1.807) is 18.2 Å². The van der Waals surface area contributed by atoms with E-state index in [1.807, 2.05) is 0 Å². The molecule has 0 saturated carbocycles. The zero-order chi connectivity index (χ0) is 11.1. The average molecular weight is 267 g/mol. The number of rotatable bonds is 1. The fourth-order valence-electron chi connectivity index (χ4n) is 1.41. The topological polar surface area (TPSA) is 49.4 Å². The second-order valence-corrected chi connectivity index (χ2v) is 5.51. The van der Waals surface area contributed by atoms with Crippen molar-refractivity contribution in [3.05, 3.63) is 28.2 Å². The molecular formula is C8H8Cl2N2O2S. The Balaban J connectivity index is 2.51. The van der Waals surface area contributed by atoms with Gasteiger partial charge >= 0.3 is 10.2 Å². The molecule has 1 aromatic rings. The summed E-state index contributed by atoms with van der Waals surface area (Å²) in [6.45, 7) is 0.744. The van der Waals surface area contributed by atoms with Gasteiger partial charge in [0.15, 0.2) is 0 Å². The van der Waals surface area contributed by atoms with Gasteiger partial charge in [0.1, 0.15) is 0 Å². The molecule has 1 N–H and O–H groups in total. The SMILES string of the molecule is O=S1(=O)NCCN1c1cccc(Cl)c1Cl. The molecule has 4 nitrogen and oxygen atoms in total. The summed E-state index contributed by atoms with van der Waals surface area (Å²) in [5.74, 6) is 0. The van der Waals surface area contributed by atoms with Gasteiger partial charge in [-0.05, 0) is 12.1 Å². The van der Waals surface area contributed by atoms with Crippen molar-refractivity contribution >= 4 is 39.1 Å². The lowest BCUT2D eigenvalue weighted by atomic mass is 10.3. The molecule has 15 heavy (non-hydrogen) atoms. The molecule has 1 aromatic carbocycles. The van der Waals surface area contributed by atoms with Crippen LogP contribution in [0.25, 0.3) is 0 Å². The molecule has 1 fully saturated rings. The highest BCUT2D eigenvalue weighted by atomic mass is 35.5. The van der Waals surface area contributed by atoms with Crippen molar-refractivity contribution in [2.75, 3.05) is 17.4 Å². The molecule has 1 aliphatic rings. The lowest BCUT2D eigenvalue weighted by molar-refractivity contribution is 0.592. The molecule has 0 unspecified atom stereocenters. The number of nitrogens with one attached hydrogen (secondary N) is 1. The molecule has 0 radical (unpaired) electrons. The molecule has 0 atom stereocenters. The third-order valence-electron chi connectivity index (χ3n) is 2.09. The van der Waals surface area contributed by atoms with Crippen LogP contribution in [-0.2, 0) is 10.2 Å². The van der Waals surface area contributed by atoms with E-state index >= 15 is 0 Å². The molecule has 2 rings (SSSR count). The number of hydrogen-bond acceptors (Lipinski definition) is 2. The molecule has 0 aromatic heterocycles. The largest absolute Gasteiger partial charge is 0.301 e. The Morgan fingerprint density at radius 3 is 2.67 bits per heavy atom. The van der Waals surface area contributed by atoms with Crippen molar-refractivity contribution in [3.63, 3.8) is 0 Å². The van der Waals surface area contributed by atoms with Crippen LogP contribution in [0.4, 0.5) is 5.69 Å². The first-order valence-electron chi connectivity index (χ1n) is 4.24. The van der Waals surface area contributed by atoms with Crippen LogP contribution in [0.5, 0.6) is 0 Å². The minimum atomic E-state index is -3.44. The van der Waals surface area contributed by atoms with Gasteiger partial charge in [-0.3, -0.25) is 4.31 Å². The first-order chi connectivity index (χ1) is 7.02. The molecule has 0 aliphatic carbocycles. The third-order valence-corrected chi connectivity index (χ3v) is 4.43. The van der Waals surface area contributed by atoms with Gasteiger partial charge in [0.25, 0.3) is 0 Å². The maximum atomic E-state index is 11.5. The van der Waals surface area contributed by atoms with Crippen molar-refractivity contribution in [2.45, 2.75) is 0 Å². The molecule has 82 valence electrons. The van der Waals surface area contributed by atoms with Crippen LogP contribution in [0, 0.1) is 0 Å². The summed E-state index contributed by atoms with van der Waals surface area (Å²) >= 11 is 11.7. The maximum absolute atomic E-state index is 11.5. The lowest BCUT2D eigenvalue weighted by Gasteiger charge is -2.17. The highest BCUT2D eigenvalue weighted by Crippen LogP contribution is 2.34. The zero-order valence-corrected chi connectivity index (χ0v) is 9.90. The van der Waals surface area contributed by atoms with Gasteiger partial charge < -0.3 is 0 Å². The van der Waals surface area contributed by atoms with E-state index in [2.05, 4.69) is 4.72 Å². The number of nitrogens with zero attached hydrogens (tertiary/aromatic N) is 1. The first-order valence-corrected chi connectivity index (χ1v) is 6.43. The highest BCUT2D eigenvalue weighted by Gasteiger charge is 2.29. The molecular weight excluding hydrogens is 259 g/mol. The number of halogens is 2. The van der Waals surface area contributed by atoms with E-state index in [1.165, 1.54) is 4.31 Å². The second-order valence-electron chi connectivity index (χ2n) is 3.04. The summed E-state index contributed by atoms with van der Waals surface area (Å²) in [4.78, 5) is 0. The average Bonchev–Trinajstić information content (AvgIpc) is 2.50. The number of anilines is 1. The molecule has 0 amide bonds. The van der Waals surface area contributed by atoms with E-state index in [0.717, 1.165) is 0 Å².